The standard InChI is InChI=1S/C19H17NO/c1-15-6-5-7-17(14-15)20-16-10-12-19(13-11-16)21-18-8-3-2-4-9-18/h2-14,20H,1H3. The molecule has 3 rings (SSSR count). The zero-order valence-corrected chi connectivity index (χ0v) is 11.9. The predicted molar refractivity (Wildman–Crippen MR) is 87.4 cm³/mol. The van der Waals surface area contributed by atoms with Gasteiger partial charge in [0.1, 0.15) is 11.5 Å². The molecule has 0 amide bonds. The minimum atomic E-state index is 0.830. The number of ether oxygens (including phenoxy) is 1. The first-order valence-corrected chi connectivity index (χ1v) is 6.96. The van der Waals surface area contributed by atoms with Crippen LogP contribution in [0.4, 0.5) is 11.4 Å². The molecule has 21 heavy (non-hydrogen) atoms. The van der Waals surface area contributed by atoms with Crippen LogP contribution in [0.1, 0.15) is 5.56 Å². The first-order valence-electron chi connectivity index (χ1n) is 6.96. The Balaban J connectivity index is 1.69. The third-order valence-corrected chi connectivity index (χ3v) is 3.14. The Morgan fingerprint density at radius 2 is 1.38 bits per heavy atom. The van der Waals surface area contributed by atoms with Crippen molar-refractivity contribution < 1.29 is 4.74 Å². The predicted octanol–water partition coefficient (Wildman–Crippen LogP) is 5.53. The zero-order valence-electron chi connectivity index (χ0n) is 11.9. The van der Waals surface area contributed by atoms with Gasteiger partial charge in [-0.05, 0) is 61.0 Å². The molecule has 3 aromatic carbocycles. The van der Waals surface area contributed by atoms with Gasteiger partial charge in [-0.3, -0.25) is 0 Å². The molecule has 0 aliphatic rings. The number of benzene rings is 3. The molecule has 0 fully saturated rings. The Kier molecular flexibility index (Phi) is 3.88. The van der Waals surface area contributed by atoms with Crippen molar-refractivity contribution in [2.75, 3.05) is 5.32 Å². The molecule has 0 saturated carbocycles. The summed E-state index contributed by atoms with van der Waals surface area (Å²) in [6.07, 6.45) is 0. The van der Waals surface area contributed by atoms with E-state index in [9.17, 15) is 0 Å². The average molecular weight is 275 g/mol. The molecule has 2 heteroatoms. The van der Waals surface area contributed by atoms with Crippen molar-refractivity contribution in [1.82, 2.24) is 0 Å². The molecule has 0 bridgehead atoms. The van der Waals surface area contributed by atoms with Crippen LogP contribution in [0.25, 0.3) is 0 Å². The lowest BCUT2D eigenvalue weighted by atomic mass is 10.2. The number of para-hydroxylation sites is 1. The Labute approximate surface area is 125 Å². The lowest BCUT2D eigenvalue weighted by Gasteiger charge is -2.09. The smallest absolute Gasteiger partial charge is 0.127 e. The minimum Gasteiger partial charge on any atom is -0.457 e. The van der Waals surface area contributed by atoms with E-state index in [1.165, 1.54) is 5.56 Å². The highest BCUT2D eigenvalue weighted by atomic mass is 16.5. The number of hydrogen-bond donors (Lipinski definition) is 1. The highest BCUT2D eigenvalue weighted by molar-refractivity contribution is 5.61. The molecule has 0 atom stereocenters. The van der Waals surface area contributed by atoms with E-state index in [-0.39, 0.29) is 0 Å². The van der Waals surface area contributed by atoms with Crippen molar-refractivity contribution in [3.05, 3.63) is 84.4 Å². The molecule has 0 spiro atoms. The molecule has 0 radical (unpaired) electrons. The third-order valence-electron chi connectivity index (χ3n) is 3.14. The van der Waals surface area contributed by atoms with E-state index in [2.05, 4.69) is 30.4 Å². The van der Waals surface area contributed by atoms with Crippen molar-refractivity contribution >= 4 is 11.4 Å². The monoisotopic (exact) mass is 275 g/mol. The van der Waals surface area contributed by atoms with Gasteiger partial charge in [0, 0.05) is 11.4 Å². The molecule has 1 N–H and O–H groups in total. The van der Waals surface area contributed by atoms with Crippen molar-refractivity contribution in [1.29, 1.82) is 0 Å². The molecule has 0 unspecified atom stereocenters. The van der Waals surface area contributed by atoms with E-state index in [1.54, 1.807) is 0 Å². The SMILES string of the molecule is Cc1cccc(Nc2ccc(Oc3ccccc3)cc2)c1. The summed E-state index contributed by atoms with van der Waals surface area (Å²) in [6, 6.07) is 26.0. The second kappa shape index (κ2) is 6.14. The molecule has 0 heterocycles. The number of aryl methyl sites for hydroxylation is 1. The van der Waals surface area contributed by atoms with E-state index in [4.69, 9.17) is 4.74 Å². The van der Waals surface area contributed by atoms with Crippen LogP contribution in [0, 0.1) is 6.92 Å². The maximum atomic E-state index is 5.77. The van der Waals surface area contributed by atoms with Crippen molar-refractivity contribution in [2.24, 2.45) is 0 Å². The van der Waals surface area contributed by atoms with Gasteiger partial charge in [-0.2, -0.15) is 0 Å². The number of anilines is 2. The topological polar surface area (TPSA) is 21.3 Å². The molecular formula is C19H17NO. The number of hydrogen-bond acceptors (Lipinski definition) is 2. The normalized spacial score (nSPS) is 10.1. The fourth-order valence-electron chi connectivity index (χ4n) is 2.12. The third kappa shape index (κ3) is 3.63. The Morgan fingerprint density at radius 1 is 0.667 bits per heavy atom. The number of rotatable bonds is 4. The minimum absolute atomic E-state index is 0.830. The van der Waals surface area contributed by atoms with E-state index >= 15 is 0 Å². The van der Waals surface area contributed by atoms with Gasteiger partial charge in [-0.1, -0.05) is 30.3 Å². The summed E-state index contributed by atoms with van der Waals surface area (Å²) < 4.78 is 5.77. The van der Waals surface area contributed by atoms with Gasteiger partial charge in [-0.15, -0.1) is 0 Å². The summed E-state index contributed by atoms with van der Waals surface area (Å²) in [5, 5.41) is 3.38. The van der Waals surface area contributed by atoms with Crippen LogP contribution in [0.3, 0.4) is 0 Å². The first-order chi connectivity index (χ1) is 10.3. The summed E-state index contributed by atoms with van der Waals surface area (Å²) >= 11 is 0. The lowest BCUT2D eigenvalue weighted by Crippen LogP contribution is -1.90. The van der Waals surface area contributed by atoms with Crippen LogP contribution >= 0.6 is 0 Å². The summed E-state index contributed by atoms with van der Waals surface area (Å²) in [6.45, 7) is 2.09. The summed E-state index contributed by atoms with van der Waals surface area (Å²) in [7, 11) is 0. The van der Waals surface area contributed by atoms with Gasteiger partial charge < -0.3 is 10.1 Å². The van der Waals surface area contributed by atoms with E-state index in [0.29, 0.717) is 0 Å². The van der Waals surface area contributed by atoms with E-state index < -0.39 is 0 Å². The van der Waals surface area contributed by atoms with Crippen LogP contribution in [0.15, 0.2) is 78.9 Å². The summed E-state index contributed by atoms with van der Waals surface area (Å²) in [5.74, 6) is 1.67. The molecule has 0 aliphatic carbocycles. The Bertz CT molecular complexity index is 705. The quantitative estimate of drug-likeness (QED) is 0.675. The van der Waals surface area contributed by atoms with E-state index in [0.717, 1.165) is 22.9 Å². The van der Waals surface area contributed by atoms with Crippen LogP contribution < -0.4 is 10.1 Å². The molecule has 0 aromatic heterocycles. The Morgan fingerprint density at radius 3 is 2.10 bits per heavy atom. The van der Waals surface area contributed by atoms with Gasteiger partial charge in [0.2, 0.25) is 0 Å². The molecule has 0 aliphatic heterocycles. The van der Waals surface area contributed by atoms with E-state index in [1.807, 2.05) is 60.7 Å². The van der Waals surface area contributed by atoms with Gasteiger partial charge in [0.15, 0.2) is 0 Å². The molecule has 2 nitrogen and oxygen atoms in total. The van der Waals surface area contributed by atoms with Gasteiger partial charge in [0.25, 0.3) is 0 Å². The lowest BCUT2D eigenvalue weighted by molar-refractivity contribution is 0.483. The fraction of sp³-hybridized carbons (Fsp3) is 0.0526. The summed E-state index contributed by atoms with van der Waals surface area (Å²) in [5.41, 5.74) is 3.37. The highest BCUT2D eigenvalue weighted by Gasteiger charge is 1.98. The van der Waals surface area contributed by atoms with Crippen LogP contribution in [-0.2, 0) is 0 Å². The van der Waals surface area contributed by atoms with Gasteiger partial charge in [-0.25, -0.2) is 0 Å². The maximum absolute atomic E-state index is 5.77. The van der Waals surface area contributed by atoms with Gasteiger partial charge >= 0.3 is 0 Å². The number of nitrogens with one attached hydrogen (secondary N) is 1. The second-order valence-corrected chi connectivity index (χ2v) is 4.93. The second-order valence-electron chi connectivity index (χ2n) is 4.93. The first kappa shape index (κ1) is 13.3. The molecule has 104 valence electrons. The average Bonchev–Trinajstić information content (AvgIpc) is 2.50. The van der Waals surface area contributed by atoms with Crippen molar-refractivity contribution in [3.8, 4) is 11.5 Å². The zero-order chi connectivity index (χ0) is 14.5. The van der Waals surface area contributed by atoms with Crippen LogP contribution in [0.2, 0.25) is 0 Å². The van der Waals surface area contributed by atoms with Crippen molar-refractivity contribution in [3.63, 3.8) is 0 Å². The molecule has 3 aromatic rings. The van der Waals surface area contributed by atoms with Crippen LogP contribution in [-0.4, -0.2) is 0 Å². The largest absolute Gasteiger partial charge is 0.457 e. The summed E-state index contributed by atoms with van der Waals surface area (Å²) in [4.78, 5) is 0. The van der Waals surface area contributed by atoms with Gasteiger partial charge in [0.05, 0.1) is 0 Å². The Hall–Kier alpha value is -2.74. The van der Waals surface area contributed by atoms with Crippen LogP contribution in [0.5, 0.6) is 11.5 Å². The maximum Gasteiger partial charge on any atom is 0.127 e. The molecular weight excluding hydrogens is 258 g/mol. The molecule has 0 saturated heterocycles. The fourth-order valence-corrected chi connectivity index (χ4v) is 2.12. The van der Waals surface area contributed by atoms with Crippen molar-refractivity contribution in [2.45, 2.75) is 6.92 Å². The highest BCUT2D eigenvalue weighted by Crippen LogP contribution is 2.24.